The fourth-order valence-electron chi connectivity index (χ4n) is 4.24. The van der Waals surface area contributed by atoms with Crippen molar-refractivity contribution >= 4 is 24.2 Å². The topological polar surface area (TPSA) is 9.23 Å². The van der Waals surface area contributed by atoms with Crippen molar-refractivity contribution in [3.05, 3.63) is 0 Å². The first-order valence-corrected chi connectivity index (χ1v) is 16.9. The molecule has 0 saturated heterocycles. The summed E-state index contributed by atoms with van der Waals surface area (Å²) < 4.78 is 6.79. The monoisotopic (exact) mass is 276 g/mol. The van der Waals surface area contributed by atoms with Gasteiger partial charge in [-0.05, 0) is 6.92 Å². The molecule has 0 rings (SSSR count). The molecule has 0 heterocycles. The maximum atomic E-state index is 6.51. The summed E-state index contributed by atoms with van der Waals surface area (Å²) >= 11 is 0. The fourth-order valence-corrected chi connectivity index (χ4v) is 33.0. The molecular formula is C12H32OSi3. The Morgan fingerprint density at radius 1 is 0.688 bits per heavy atom. The molecule has 0 aliphatic heterocycles. The highest BCUT2D eigenvalue weighted by atomic mass is 28.5. The van der Waals surface area contributed by atoms with E-state index in [1.807, 2.05) is 0 Å². The van der Waals surface area contributed by atoms with E-state index in [9.17, 15) is 0 Å². The van der Waals surface area contributed by atoms with Crippen LogP contribution in [-0.4, -0.2) is 35.3 Å². The second-order valence-electron chi connectivity index (χ2n) is 7.86. The molecule has 0 spiro atoms. The van der Waals surface area contributed by atoms with Crippen molar-refractivity contribution in [3.63, 3.8) is 0 Å². The van der Waals surface area contributed by atoms with Gasteiger partial charge < -0.3 is 4.74 Å². The Labute approximate surface area is 106 Å². The molecule has 0 aromatic heterocycles. The Morgan fingerprint density at radius 3 is 1.00 bits per heavy atom. The van der Waals surface area contributed by atoms with Crippen molar-refractivity contribution in [1.29, 1.82) is 0 Å². The third-order valence-corrected chi connectivity index (χ3v) is 23.8. The number of rotatable bonds is 5. The van der Waals surface area contributed by atoms with Gasteiger partial charge in [0.1, 0.15) is 0 Å². The second kappa shape index (κ2) is 4.71. The second-order valence-corrected chi connectivity index (χ2v) is 25.0. The molecule has 0 fully saturated rings. The lowest BCUT2D eigenvalue weighted by atomic mass is 10.9. The SMILES string of the molecule is CCOC([Si](C)(C)C)([Si](C)(C)C)[Si](C)(C)C. The van der Waals surface area contributed by atoms with Gasteiger partial charge in [0.15, 0.2) is 0 Å². The summed E-state index contributed by atoms with van der Waals surface area (Å²) in [6.07, 6.45) is 0. The Morgan fingerprint density at radius 2 is 0.938 bits per heavy atom. The zero-order valence-electron chi connectivity index (χ0n) is 13.1. The first-order chi connectivity index (χ1) is 6.81. The van der Waals surface area contributed by atoms with E-state index in [1.165, 1.54) is 0 Å². The van der Waals surface area contributed by atoms with E-state index >= 15 is 0 Å². The summed E-state index contributed by atoms with van der Waals surface area (Å²) in [5.74, 6) is 0. The molecule has 0 aliphatic carbocycles. The van der Waals surface area contributed by atoms with Crippen LogP contribution in [0.1, 0.15) is 6.92 Å². The van der Waals surface area contributed by atoms with Crippen molar-refractivity contribution in [2.45, 2.75) is 70.3 Å². The highest BCUT2D eigenvalue weighted by molar-refractivity contribution is 7.14. The number of hydrogen-bond acceptors (Lipinski definition) is 1. The molecule has 16 heavy (non-hydrogen) atoms. The van der Waals surface area contributed by atoms with Gasteiger partial charge in [-0.3, -0.25) is 0 Å². The van der Waals surface area contributed by atoms with Gasteiger partial charge in [0.2, 0.25) is 0 Å². The molecule has 0 aromatic rings. The van der Waals surface area contributed by atoms with Crippen LogP contribution >= 0.6 is 0 Å². The van der Waals surface area contributed by atoms with E-state index in [2.05, 4.69) is 65.8 Å². The molecule has 98 valence electrons. The van der Waals surface area contributed by atoms with E-state index in [0.717, 1.165) is 6.61 Å². The molecule has 0 atom stereocenters. The predicted octanol–water partition coefficient (Wildman–Crippen LogP) is 4.39. The standard InChI is InChI=1S/C12H32OSi3/c1-11-13-12(14(2,3)4,15(5,6)7)16(8,9)10/h11H2,1-10H3. The molecule has 0 saturated carbocycles. The minimum Gasteiger partial charge on any atom is -0.385 e. The van der Waals surface area contributed by atoms with E-state index in [-0.39, 0.29) is 4.47 Å². The van der Waals surface area contributed by atoms with Crippen LogP contribution in [0.4, 0.5) is 0 Å². The smallest absolute Gasteiger partial charge is 0.0745 e. The van der Waals surface area contributed by atoms with E-state index in [1.54, 1.807) is 0 Å². The molecule has 4 heteroatoms. The molecule has 0 unspecified atom stereocenters. The van der Waals surface area contributed by atoms with Crippen LogP contribution in [0.5, 0.6) is 0 Å². The summed E-state index contributed by atoms with van der Waals surface area (Å²) in [6.45, 7) is 25.5. The predicted molar refractivity (Wildman–Crippen MR) is 84.4 cm³/mol. The minimum absolute atomic E-state index is 0.280. The zero-order chi connectivity index (χ0) is 13.4. The average molecular weight is 277 g/mol. The summed E-state index contributed by atoms with van der Waals surface area (Å²) in [5.41, 5.74) is 0. The highest BCUT2D eigenvalue weighted by Gasteiger charge is 2.60. The van der Waals surface area contributed by atoms with Gasteiger partial charge in [-0.25, -0.2) is 0 Å². The number of ether oxygens (including phenoxy) is 1. The molecule has 0 N–H and O–H groups in total. The van der Waals surface area contributed by atoms with Crippen LogP contribution in [0.3, 0.4) is 0 Å². The Kier molecular flexibility index (Phi) is 4.89. The Hall–Kier alpha value is 0.611. The van der Waals surface area contributed by atoms with Crippen molar-refractivity contribution in [2.24, 2.45) is 0 Å². The maximum absolute atomic E-state index is 6.51. The van der Waals surface area contributed by atoms with Gasteiger partial charge in [0, 0.05) is 11.1 Å². The molecule has 0 aromatic carbocycles. The van der Waals surface area contributed by atoms with Crippen molar-refractivity contribution in [2.75, 3.05) is 6.61 Å². The van der Waals surface area contributed by atoms with Crippen LogP contribution < -0.4 is 0 Å². The largest absolute Gasteiger partial charge is 0.385 e. The van der Waals surface area contributed by atoms with Crippen molar-refractivity contribution in [3.8, 4) is 0 Å². The highest BCUT2D eigenvalue weighted by Crippen LogP contribution is 2.42. The van der Waals surface area contributed by atoms with Gasteiger partial charge in [-0.1, -0.05) is 58.9 Å². The summed E-state index contributed by atoms with van der Waals surface area (Å²) in [4.78, 5) is 0. The van der Waals surface area contributed by atoms with Gasteiger partial charge in [-0.15, -0.1) is 0 Å². The van der Waals surface area contributed by atoms with Crippen LogP contribution in [0.15, 0.2) is 0 Å². The third-order valence-electron chi connectivity index (χ3n) is 3.53. The molecular weight excluding hydrogens is 244 g/mol. The molecule has 0 bridgehead atoms. The van der Waals surface area contributed by atoms with Crippen molar-refractivity contribution < 1.29 is 4.74 Å². The molecule has 0 amide bonds. The first-order valence-electron chi connectivity index (χ1n) is 6.45. The Balaban J connectivity index is 5.82. The lowest BCUT2D eigenvalue weighted by molar-refractivity contribution is 0.119. The summed E-state index contributed by atoms with van der Waals surface area (Å²) in [6, 6.07) is 0. The fraction of sp³-hybridized carbons (Fsp3) is 1.00. The van der Waals surface area contributed by atoms with Gasteiger partial charge >= 0.3 is 0 Å². The third kappa shape index (κ3) is 2.71. The van der Waals surface area contributed by atoms with Crippen LogP contribution in [0, 0.1) is 0 Å². The summed E-state index contributed by atoms with van der Waals surface area (Å²) in [5, 5.41) is 0. The normalized spacial score (nSPS) is 15.4. The van der Waals surface area contributed by atoms with Gasteiger partial charge in [-0.2, -0.15) is 0 Å². The van der Waals surface area contributed by atoms with Crippen molar-refractivity contribution in [1.82, 2.24) is 0 Å². The van der Waals surface area contributed by atoms with E-state index < -0.39 is 24.2 Å². The number of hydrogen-bond donors (Lipinski definition) is 0. The average Bonchev–Trinajstić information content (AvgIpc) is 1.91. The lowest BCUT2D eigenvalue weighted by Crippen LogP contribution is -2.78. The van der Waals surface area contributed by atoms with Crippen LogP contribution in [0.25, 0.3) is 0 Å². The van der Waals surface area contributed by atoms with Gasteiger partial charge in [0.25, 0.3) is 0 Å². The quantitative estimate of drug-likeness (QED) is 0.677. The summed E-state index contributed by atoms with van der Waals surface area (Å²) in [7, 11) is -3.98. The van der Waals surface area contributed by atoms with Gasteiger partial charge in [0.05, 0.1) is 24.2 Å². The minimum atomic E-state index is -1.33. The maximum Gasteiger partial charge on any atom is 0.0745 e. The van der Waals surface area contributed by atoms with Crippen LogP contribution in [0.2, 0.25) is 58.9 Å². The lowest BCUT2D eigenvalue weighted by Gasteiger charge is -2.58. The molecule has 1 nitrogen and oxygen atoms in total. The molecule has 0 aliphatic rings. The van der Waals surface area contributed by atoms with Crippen LogP contribution in [-0.2, 0) is 4.74 Å². The molecule has 0 radical (unpaired) electrons. The van der Waals surface area contributed by atoms with E-state index in [0.29, 0.717) is 0 Å². The first kappa shape index (κ1) is 16.6. The van der Waals surface area contributed by atoms with E-state index in [4.69, 9.17) is 4.74 Å². The zero-order valence-corrected chi connectivity index (χ0v) is 16.1. The Bertz CT molecular complexity index is 194.